The molecule has 1 aliphatic heterocycles. The second-order valence-corrected chi connectivity index (χ2v) is 7.37. The van der Waals surface area contributed by atoms with E-state index in [-0.39, 0.29) is 11.3 Å². The highest BCUT2D eigenvalue weighted by Gasteiger charge is 2.48. The molecule has 1 amide bonds. The number of aryl methyl sites for hydroxylation is 1. The molecule has 120 valence electrons. The van der Waals surface area contributed by atoms with Crippen LogP contribution >= 0.6 is 0 Å². The van der Waals surface area contributed by atoms with E-state index < -0.39 is 0 Å². The summed E-state index contributed by atoms with van der Waals surface area (Å²) in [5, 5.41) is 0. The number of likely N-dealkylation sites (tertiary alicyclic amines) is 1. The highest BCUT2D eigenvalue weighted by atomic mass is 16.1. The van der Waals surface area contributed by atoms with Crippen LogP contribution in [0.1, 0.15) is 60.5 Å². The van der Waals surface area contributed by atoms with Gasteiger partial charge >= 0.3 is 0 Å². The zero-order valence-corrected chi connectivity index (χ0v) is 14.1. The van der Waals surface area contributed by atoms with Crippen molar-refractivity contribution in [2.75, 3.05) is 13.6 Å². The second kappa shape index (κ2) is 5.69. The van der Waals surface area contributed by atoms with Crippen LogP contribution in [-0.4, -0.2) is 30.4 Å². The number of carbonyl (C=O) groups is 1. The van der Waals surface area contributed by atoms with Crippen LogP contribution in [0.2, 0.25) is 0 Å². The molecule has 3 nitrogen and oxygen atoms in total. The fourth-order valence-corrected chi connectivity index (χ4v) is 4.95. The first-order chi connectivity index (χ1) is 10.5. The zero-order chi connectivity index (χ0) is 15.9. The van der Waals surface area contributed by atoms with E-state index >= 15 is 0 Å². The molecule has 1 aliphatic carbocycles. The van der Waals surface area contributed by atoms with Crippen molar-refractivity contribution in [2.45, 2.75) is 57.4 Å². The largest absolute Gasteiger partial charge is 0.366 e. The minimum atomic E-state index is -0.314. The molecule has 1 saturated carbocycles. The number of amides is 1. The summed E-state index contributed by atoms with van der Waals surface area (Å²) in [7, 11) is 2.25. The van der Waals surface area contributed by atoms with Crippen LogP contribution in [0.4, 0.5) is 0 Å². The Kier molecular flexibility index (Phi) is 4.02. The predicted molar refractivity (Wildman–Crippen MR) is 90.0 cm³/mol. The van der Waals surface area contributed by atoms with E-state index in [0.29, 0.717) is 17.5 Å². The van der Waals surface area contributed by atoms with Gasteiger partial charge in [0.05, 0.1) is 0 Å². The van der Waals surface area contributed by atoms with Crippen LogP contribution in [0.3, 0.4) is 0 Å². The van der Waals surface area contributed by atoms with Crippen molar-refractivity contribution in [3.63, 3.8) is 0 Å². The molecule has 2 N–H and O–H groups in total. The Labute approximate surface area is 133 Å². The number of nitrogens with two attached hydrogens (primary N) is 1. The van der Waals surface area contributed by atoms with Crippen molar-refractivity contribution in [1.29, 1.82) is 0 Å². The first-order valence-electron chi connectivity index (χ1n) is 8.57. The molecule has 1 heterocycles. The summed E-state index contributed by atoms with van der Waals surface area (Å²) in [5.41, 5.74) is 9.12. The lowest BCUT2D eigenvalue weighted by molar-refractivity contribution is 0.0225. The van der Waals surface area contributed by atoms with Gasteiger partial charge in [-0.25, -0.2) is 0 Å². The fraction of sp³-hybridized carbons (Fsp3) is 0.632. The van der Waals surface area contributed by atoms with E-state index in [1.807, 2.05) is 6.07 Å². The number of fused-ring (bicyclic) bond motifs is 1. The highest BCUT2D eigenvalue weighted by molar-refractivity contribution is 5.93. The normalized spacial score (nSPS) is 32.5. The van der Waals surface area contributed by atoms with Crippen molar-refractivity contribution in [3.05, 3.63) is 34.9 Å². The Balaban J connectivity index is 2.10. The van der Waals surface area contributed by atoms with Crippen molar-refractivity contribution in [3.8, 4) is 0 Å². The van der Waals surface area contributed by atoms with E-state index in [0.717, 1.165) is 6.54 Å². The molecule has 1 aromatic rings. The van der Waals surface area contributed by atoms with Gasteiger partial charge in [-0.3, -0.25) is 4.79 Å². The van der Waals surface area contributed by atoms with E-state index in [4.69, 9.17) is 5.73 Å². The summed E-state index contributed by atoms with van der Waals surface area (Å²) in [6.45, 7) is 5.69. The number of nitrogens with zero attached hydrogens (tertiary/aromatic N) is 1. The number of piperidine rings is 1. The van der Waals surface area contributed by atoms with Gasteiger partial charge in [-0.15, -0.1) is 0 Å². The third kappa shape index (κ3) is 2.36. The molecule has 2 unspecified atom stereocenters. The van der Waals surface area contributed by atoms with Gasteiger partial charge in [0.1, 0.15) is 0 Å². The molecule has 2 fully saturated rings. The maximum atomic E-state index is 11.6. The van der Waals surface area contributed by atoms with E-state index in [1.54, 1.807) is 0 Å². The number of carbonyl (C=O) groups excluding carboxylic acids is 1. The first-order valence-corrected chi connectivity index (χ1v) is 8.57. The lowest BCUT2D eigenvalue weighted by Crippen LogP contribution is -2.55. The second-order valence-electron chi connectivity index (χ2n) is 7.37. The van der Waals surface area contributed by atoms with E-state index in [2.05, 4.69) is 37.9 Å². The standard InChI is InChI=1S/C19H28N2O/c1-13-7-8-15(18(20)22)12-17(13)19-9-5-4-6-16(19)14(2)21(3)11-10-19/h7-8,12,14,16H,4-6,9-11H2,1-3H3,(H2,20,22)/t14?,16?,19-/m1/s1. The number of primary amides is 1. The van der Waals surface area contributed by atoms with Crippen molar-refractivity contribution < 1.29 is 4.79 Å². The molecule has 3 heteroatoms. The Morgan fingerprint density at radius 1 is 1.32 bits per heavy atom. The maximum absolute atomic E-state index is 11.6. The minimum absolute atomic E-state index is 0.236. The molecule has 1 saturated heterocycles. The van der Waals surface area contributed by atoms with Gasteiger partial charge in [-0.2, -0.15) is 0 Å². The summed E-state index contributed by atoms with van der Waals surface area (Å²) in [4.78, 5) is 14.1. The summed E-state index contributed by atoms with van der Waals surface area (Å²) in [6, 6.07) is 6.65. The summed E-state index contributed by atoms with van der Waals surface area (Å²) < 4.78 is 0. The summed E-state index contributed by atoms with van der Waals surface area (Å²) >= 11 is 0. The van der Waals surface area contributed by atoms with Gasteiger partial charge < -0.3 is 10.6 Å². The van der Waals surface area contributed by atoms with E-state index in [9.17, 15) is 4.79 Å². The van der Waals surface area contributed by atoms with Crippen LogP contribution in [0.15, 0.2) is 18.2 Å². The molecule has 22 heavy (non-hydrogen) atoms. The lowest BCUT2D eigenvalue weighted by Gasteiger charge is -2.54. The average Bonchev–Trinajstić information content (AvgIpc) is 2.51. The topological polar surface area (TPSA) is 46.3 Å². The maximum Gasteiger partial charge on any atom is 0.248 e. The smallest absolute Gasteiger partial charge is 0.248 e. The Morgan fingerprint density at radius 3 is 2.82 bits per heavy atom. The van der Waals surface area contributed by atoms with Crippen LogP contribution in [0, 0.1) is 12.8 Å². The number of hydrogen-bond donors (Lipinski definition) is 1. The average molecular weight is 300 g/mol. The molecular formula is C19H28N2O. The first kappa shape index (κ1) is 15.5. The highest BCUT2D eigenvalue weighted by Crippen LogP contribution is 2.51. The number of benzene rings is 1. The molecule has 3 rings (SSSR count). The quantitative estimate of drug-likeness (QED) is 0.911. The van der Waals surface area contributed by atoms with Crippen LogP contribution in [0.5, 0.6) is 0 Å². The predicted octanol–water partition coefficient (Wildman–Crippen LogP) is 3.25. The van der Waals surface area contributed by atoms with Gasteiger partial charge in [0, 0.05) is 17.0 Å². The van der Waals surface area contributed by atoms with Crippen LogP contribution < -0.4 is 5.73 Å². The van der Waals surface area contributed by atoms with Crippen molar-refractivity contribution >= 4 is 5.91 Å². The molecule has 0 spiro atoms. The summed E-state index contributed by atoms with van der Waals surface area (Å²) in [6.07, 6.45) is 6.37. The molecule has 2 aliphatic rings. The monoisotopic (exact) mass is 300 g/mol. The molecule has 3 atom stereocenters. The zero-order valence-electron chi connectivity index (χ0n) is 14.1. The third-order valence-corrected chi connectivity index (χ3v) is 6.34. The summed E-state index contributed by atoms with van der Waals surface area (Å²) in [5.74, 6) is 0.368. The molecule has 0 aromatic heterocycles. The van der Waals surface area contributed by atoms with Gasteiger partial charge in [-0.1, -0.05) is 18.9 Å². The molecule has 0 bridgehead atoms. The number of hydrogen-bond acceptors (Lipinski definition) is 2. The molecular weight excluding hydrogens is 272 g/mol. The van der Waals surface area contributed by atoms with Crippen molar-refractivity contribution in [1.82, 2.24) is 4.90 Å². The van der Waals surface area contributed by atoms with Gasteiger partial charge in [0.15, 0.2) is 0 Å². The van der Waals surface area contributed by atoms with Gasteiger partial charge in [0.25, 0.3) is 0 Å². The Hall–Kier alpha value is -1.35. The Morgan fingerprint density at radius 2 is 2.09 bits per heavy atom. The number of rotatable bonds is 2. The van der Waals surface area contributed by atoms with Gasteiger partial charge in [0.2, 0.25) is 5.91 Å². The third-order valence-electron chi connectivity index (χ3n) is 6.34. The molecule has 1 aromatic carbocycles. The molecule has 0 radical (unpaired) electrons. The van der Waals surface area contributed by atoms with Gasteiger partial charge in [-0.05, 0) is 75.9 Å². The van der Waals surface area contributed by atoms with Crippen molar-refractivity contribution in [2.24, 2.45) is 11.7 Å². The Bertz CT molecular complexity index is 583. The minimum Gasteiger partial charge on any atom is -0.366 e. The lowest BCUT2D eigenvalue weighted by atomic mass is 9.56. The van der Waals surface area contributed by atoms with E-state index in [1.165, 1.54) is 43.2 Å². The SMILES string of the molecule is Cc1ccc(C(N)=O)cc1[C@@]12CCCCC1C(C)N(C)CC2. The fourth-order valence-electron chi connectivity index (χ4n) is 4.95. The van der Waals surface area contributed by atoms with Crippen LogP contribution in [0.25, 0.3) is 0 Å². The van der Waals surface area contributed by atoms with Crippen LogP contribution in [-0.2, 0) is 5.41 Å².